The molecular weight excluding hydrogens is 744 g/mol. The van der Waals surface area contributed by atoms with E-state index >= 15 is 0 Å². The van der Waals surface area contributed by atoms with Crippen molar-refractivity contribution in [2.45, 2.75) is 101 Å². The van der Waals surface area contributed by atoms with E-state index in [1.165, 1.54) is 36.4 Å². The number of Topliss-reactive ketones (excluding diaryl/α,β-unsaturated/α-hetero) is 1. The third kappa shape index (κ3) is 10.5. The predicted octanol–water partition coefficient (Wildman–Crippen LogP) is 3.08. The maximum absolute atomic E-state index is 14.6. The third-order valence-corrected chi connectivity index (χ3v) is 12.8. The number of nitrogens with one attached hydrogen (secondary N) is 4. The number of aromatic nitrogens is 1. The summed E-state index contributed by atoms with van der Waals surface area (Å²) in [6.07, 6.45) is -0.656. The Kier molecular flexibility index (Phi) is 13.9. The summed E-state index contributed by atoms with van der Waals surface area (Å²) >= 11 is 0. The highest BCUT2D eigenvalue weighted by molar-refractivity contribution is 7.89. The number of rotatable bonds is 17. The van der Waals surface area contributed by atoms with Gasteiger partial charge in [0.25, 0.3) is 15.9 Å². The number of likely N-dealkylation sites (tertiary alicyclic amines) is 1. The fraction of sp³-hybridized carbons (Fsp3) is 0.622. The number of sulfonamides is 1. The largest absolute Gasteiger partial charge is 0.389 e. The van der Waals surface area contributed by atoms with Crippen LogP contribution in [0.1, 0.15) is 65.7 Å². The van der Waals surface area contributed by atoms with Gasteiger partial charge in [0.15, 0.2) is 5.03 Å². The molecule has 1 saturated heterocycles. The Morgan fingerprint density at radius 1 is 1.07 bits per heavy atom. The quantitative estimate of drug-likeness (QED) is 0.137. The number of piperidine rings is 1. The van der Waals surface area contributed by atoms with E-state index < -0.39 is 94.1 Å². The van der Waals surface area contributed by atoms with E-state index in [1.54, 1.807) is 13.0 Å². The number of nitrogens with zero attached hydrogens (tertiary/aromatic N) is 3. The first-order valence-electron chi connectivity index (χ1n) is 18.4. The van der Waals surface area contributed by atoms with Crippen molar-refractivity contribution >= 4 is 39.6 Å². The number of carbonyl (C=O) groups excluding carboxylic acids is 5. The molecule has 2 saturated carbocycles. The van der Waals surface area contributed by atoms with E-state index in [-0.39, 0.29) is 36.5 Å². The zero-order chi connectivity index (χ0) is 40.9. The standard InChI is InChI=1S/C37H52F3N7O7S/c1-7-18-42-33(50)31(48)25(16-17-37(38,39)40)43-32(49)30-28-24(36(28,4)5)20-47(30)34(51)29(23-13-9-8-10-14-23)45-35(52)44-26(22(2)3)21-46(6)55(53,54)27-15-11-12-19-41-27/h7,11-12,15,19,23-26,28-30H,1-2,8-10,13-14,16-18,20-21H2,3-6H3,(H,42,50)(H,43,49)(H2,44,45,52)/t24-,25?,26+,28-,29-,30-/m0/s1. The average Bonchev–Trinajstić information content (AvgIpc) is 3.43. The molecule has 18 heteroatoms. The van der Waals surface area contributed by atoms with Crippen molar-refractivity contribution in [1.29, 1.82) is 0 Å². The molecule has 0 radical (unpaired) electrons. The molecule has 1 aromatic heterocycles. The van der Waals surface area contributed by atoms with Crippen molar-refractivity contribution in [2.24, 2.45) is 23.2 Å². The zero-order valence-corrected chi connectivity index (χ0v) is 32.5. The fourth-order valence-corrected chi connectivity index (χ4v) is 8.87. The second-order valence-electron chi connectivity index (χ2n) is 15.3. The molecule has 4 N–H and O–H groups in total. The Balaban J connectivity index is 1.56. The van der Waals surface area contributed by atoms with Crippen LogP contribution in [0.4, 0.5) is 18.0 Å². The molecule has 4 rings (SSSR count). The minimum atomic E-state index is -4.68. The highest BCUT2D eigenvalue weighted by Gasteiger charge is 2.69. The predicted molar refractivity (Wildman–Crippen MR) is 196 cm³/mol. The summed E-state index contributed by atoms with van der Waals surface area (Å²) in [7, 11) is -2.68. The molecule has 3 fully saturated rings. The number of fused-ring (bicyclic) bond motifs is 1. The van der Waals surface area contributed by atoms with E-state index in [1.807, 2.05) is 13.8 Å². The lowest BCUT2D eigenvalue weighted by atomic mass is 9.83. The van der Waals surface area contributed by atoms with Crippen LogP contribution in [0.2, 0.25) is 0 Å². The minimum absolute atomic E-state index is 0.120. The normalized spacial score (nSPS) is 22.4. The molecule has 55 heavy (non-hydrogen) atoms. The summed E-state index contributed by atoms with van der Waals surface area (Å²) in [5.41, 5.74) is 0.0257. The van der Waals surface area contributed by atoms with Crippen LogP contribution < -0.4 is 21.3 Å². The van der Waals surface area contributed by atoms with Gasteiger partial charge in [-0.25, -0.2) is 18.2 Å². The van der Waals surface area contributed by atoms with Gasteiger partial charge in [0.05, 0.1) is 12.1 Å². The van der Waals surface area contributed by atoms with Gasteiger partial charge in [-0.3, -0.25) is 19.2 Å². The third-order valence-electron chi connectivity index (χ3n) is 11.1. The van der Waals surface area contributed by atoms with Gasteiger partial charge in [-0.2, -0.15) is 17.5 Å². The van der Waals surface area contributed by atoms with Crippen LogP contribution in [0.3, 0.4) is 0 Å². The lowest BCUT2D eigenvalue weighted by molar-refractivity contribution is -0.147. The minimum Gasteiger partial charge on any atom is -0.346 e. The Morgan fingerprint density at radius 2 is 1.75 bits per heavy atom. The lowest BCUT2D eigenvalue weighted by Gasteiger charge is -2.37. The molecular formula is C37H52F3N7O7S. The maximum atomic E-state index is 14.6. The van der Waals surface area contributed by atoms with Crippen molar-refractivity contribution in [3.05, 3.63) is 49.2 Å². The van der Waals surface area contributed by atoms with Crippen LogP contribution >= 0.6 is 0 Å². The van der Waals surface area contributed by atoms with Gasteiger partial charge in [-0.15, -0.1) is 6.58 Å². The number of pyridine rings is 1. The number of carbonyl (C=O) groups is 5. The molecule has 2 aliphatic carbocycles. The van der Waals surface area contributed by atoms with Gasteiger partial charge in [-0.1, -0.05) is 57.4 Å². The number of likely N-dealkylation sites (N-methyl/N-ethyl adjacent to an activating group) is 1. The lowest BCUT2D eigenvalue weighted by Crippen LogP contribution is -2.61. The summed E-state index contributed by atoms with van der Waals surface area (Å²) in [5.74, 6) is -4.72. The highest BCUT2D eigenvalue weighted by atomic mass is 32.2. The number of alkyl halides is 3. The summed E-state index contributed by atoms with van der Waals surface area (Å²) in [4.78, 5) is 73.0. The Bertz CT molecular complexity index is 1740. The number of amides is 5. The first-order valence-corrected chi connectivity index (χ1v) is 19.8. The van der Waals surface area contributed by atoms with Gasteiger partial charge in [0.2, 0.25) is 17.6 Å². The molecule has 0 spiro atoms. The molecule has 0 aromatic carbocycles. The summed E-state index contributed by atoms with van der Waals surface area (Å²) in [6.45, 7) is 12.6. The van der Waals surface area contributed by atoms with E-state index in [0.29, 0.717) is 18.4 Å². The Morgan fingerprint density at radius 3 is 2.33 bits per heavy atom. The maximum Gasteiger partial charge on any atom is 0.389 e. The SMILES string of the molecule is C=CCNC(=O)C(=O)C(CCC(F)(F)F)NC(=O)[C@@H]1[C@@H]2[C@H](CN1C(=O)[C@@H](NC(=O)N[C@H](CN(C)S(=O)(=O)c1ccccn1)C(=C)C)C1CCCCC1)C2(C)C. The van der Waals surface area contributed by atoms with Crippen molar-refractivity contribution in [1.82, 2.24) is 35.5 Å². The van der Waals surface area contributed by atoms with Crippen molar-refractivity contribution in [3.8, 4) is 0 Å². The van der Waals surface area contributed by atoms with Crippen LogP contribution in [0.5, 0.6) is 0 Å². The average molecular weight is 796 g/mol. The second-order valence-corrected chi connectivity index (χ2v) is 17.3. The van der Waals surface area contributed by atoms with Crippen molar-refractivity contribution in [3.63, 3.8) is 0 Å². The monoisotopic (exact) mass is 795 g/mol. The Hall–Kier alpha value is -4.32. The van der Waals surface area contributed by atoms with Crippen LogP contribution in [0.25, 0.3) is 0 Å². The molecule has 0 bridgehead atoms. The van der Waals surface area contributed by atoms with Crippen molar-refractivity contribution < 1.29 is 45.6 Å². The van der Waals surface area contributed by atoms with Gasteiger partial charge in [0.1, 0.15) is 12.1 Å². The Labute approximate surface area is 320 Å². The second kappa shape index (κ2) is 17.6. The van der Waals surface area contributed by atoms with Gasteiger partial charge < -0.3 is 26.2 Å². The number of ketones is 1. The van der Waals surface area contributed by atoms with Crippen LogP contribution in [0, 0.1) is 23.2 Å². The van der Waals surface area contributed by atoms with Gasteiger partial charge in [0, 0.05) is 39.3 Å². The molecule has 3 aliphatic rings. The summed E-state index contributed by atoms with van der Waals surface area (Å²) in [6, 6.07) is -1.29. The van der Waals surface area contributed by atoms with E-state index in [9.17, 15) is 45.6 Å². The van der Waals surface area contributed by atoms with Crippen LogP contribution in [-0.4, -0.2) is 109 Å². The van der Waals surface area contributed by atoms with E-state index in [2.05, 4.69) is 39.4 Å². The number of hydrogen-bond donors (Lipinski definition) is 4. The van der Waals surface area contributed by atoms with Gasteiger partial charge in [-0.05, 0) is 61.5 Å². The number of halogens is 3. The number of urea groups is 1. The first-order chi connectivity index (χ1) is 25.7. The topological polar surface area (TPSA) is 187 Å². The van der Waals surface area contributed by atoms with Gasteiger partial charge >= 0.3 is 12.2 Å². The molecule has 2 heterocycles. The molecule has 1 aromatic rings. The first kappa shape index (κ1) is 43.4. The van der Waals surface area contributed by atoms with E-state index in [4.69, 9.17) is 0 Å². The van der Waals surface area contributed by atoms with Crippen molar-refractivity contribution in [2.75, 3.05) is 26.7 Å². The molecule has 5 amide bonds. The van der Waals surface area contributed by atoms with Crippen LogP contribution in [-0.2, 0) is 29.2 Å². The summed E-state index contributed by atoms with van der Waals surface area (Å²) in [5, 5.41) is 9.97. The summed E-state index contributed by atoms with van der Waals surface area (Å²) < 4.78 is 67.1. The zero-order valence-electron chi connectivity index (χ0n) is 31.7. The molecule has 1 aliphatic heterocycles. The smallest absolute Gasteiger partial charge is 0.346 e. The fourth-order valence-electron chi connectivity index (χ4n) is 7.77. The van der Waals surface area contributed by atoms with Crippen LogP contribution in [0.15, 0.2) is 54.2 Å². The highest BCUT2D eigenvalue weighted by Crippen LogP contribution is 2.65. The molecule has 304 valence electrons. The molecule has 6 atom stereocenters. The number of hydrogen-bond acceptors (Lipinski definition) is 8. The molecule has 14 nitrogen and oxygen atoms in total. The molecule has 1 unspecified atom stereocenters. The van der Waals surface area contributed by atoms with E-state index in [0.717, 1.165) is 23.6 Å².